The molecule has 1 saturated heterocycles. The Hall–Kier alpha value is -1.72. The number of likely N-dealkylation sites (tertiary alicyclic amines) is 1. The number of carbonyl (C=O) groups is 1. The highest BCUT2D eigenvalue weighted by atomic mass is 127. The van der Waals surface area contributed by atoms with Gasteiger partial charge in [-0.15, -0.1) is 0 Å². The van der Waals surface area contributed by atoms with Crippen LogP contribution in [0, 0.1) is 9.39 Å². The maximum atomic E-state index is 14.4. The molecule has 1 atom stereocenters. The van der Waals surface area contributed by atoms with Crippen molar-refractivity contribution in [1.29, 1.82) is 0 Å². The molecule has 0 aromatic heterocycles. The molecule has 4 rings (SSSR count). The highest BCUT2D eigenvalue weighted by molar-refractivity contribution is 14.1. The van der Waals surface area contributed by atoms with E-state index in [9.17, 15) is 27.5 Å². The van der Waals surface area contributed by atoms with E-state index in [1.165, 1.54) is 6.07 Å². The Morgan fingerprint density at radius 3 is 2.23 bits per heavy atom. The fourth-order valence-electron chi connectivity index (χ4n) is 5.12. The molecule has 35 heavy (non-hydrogen) atoms. The number of rotatable bonds is 7. The van der Waals surface area contributed by atoms with Crippen LogP contribution >= 0.6 is 22.6 Å². The molecule has 1 aliphatic heterocycles. The summed E-state index contributed by atoms with van der Waals surface area (Å²) in [6, 6.07) is 13.8. The topological polar surface area (TPSA) is 52.6 Å². The van der Waals surface area contributed by atoms with Crippen LogP contribution in [0.15, 0.2) is 48.5 Å². The molecule has 2 aliphatic rings. The Kier molecular flexibility index (Phi) is 7.78. The maximum absolute atomic E-state index is 14.4. The lowest BCUT2D eigenvalue weighted by molar-refractivity contribution is -0.273. The standard InChI is InChI=1S/C26H29F4IN2O2/c27-22-5-2-1-4-18(22)16-21(33-14-12-25(35,13-15-33)26(28,29)30)17-32-23(34)24(10-3-11-24)19-6-8-20(31)9-7-19/h1-2,4-9,21,35H,3,10-17H2,(H,32,34)/t21-/m1/s1. The monoisotopic (exact) mass is 604 g/mol. The number of carbonyl (C=O) groups excluding carboxylic acids is 1. The Morgan fingerprint density at radius 1 is 1.06 bits per heavy atom. The Bertz CT molecular complexity index is 1030. The van der Waals surface area contributed by atoms with Crippen LogP contribution in [0.4, 0.5) is 17.6 Å². The van der Waals surface area contributed by atoms with Crippen LogP contribution in [0.2, 0.25) is 0 Å². The summed E-state index contributed by atoms with van der Waals surface area (Å²) in [7, 11) is 0. The second-order valence-corrected chi connectivity index (χ2v) is 10.9. The average Bonchev–Trinajstić information content (AvgIpc) is 2.78. The van der Waals surface area contributed by atoms with E-state index in [2.05, 4.69) is 27.9 Å². The number of nitrogens with zero attached hydrogens (tertiary/aromatic N) is 1. The predicted octanol–water partition coefficient (Wildman–Crippen LogP) is 4.97. The quantitative estimate of drug-likeness (QED) is 0.347. The zero-order chi connectivity index (χ0) is 25.3. The second-order valence-electron chi connectivity index (χ2n) is 9.67. The van der Waals surface area contributed by atoms with E-state index in [1.807, 2.05) is 29.2 Å². The molecular formula is C26H29F4IN2O2. The summed E-state index contributed by atoms with van der Waals surface area (Å²) in [5, 5.41) is 13.1. The average molecular weight is 604 g/mol. The molecular weight excluding hydrogens is 575 g/mol. The number of nitrogens with one attached hydrogen (secondary N) is 1. The van der Waals surface area contributed by atoms with Gasteiger partial charge in [0.15, 0.2) is 5.60 Å². The first kappa shape index (κ1) is 26.3. The Morgan fingerprint density at radius 2 is 1.69 bits per heavy atom. The zero-order valence-electron chi connectivity index (χ0n) is 19.3. The minimum absolute atomic E-state index is 0.00721. The molecule has 4 nitrogen and oxygen atoms in total. The molecule has 1 amide bonds. The number of hydrogen-bond donors (Lipinski definition) is 2. The molecule has 190 valence electrons. The fourth-order valence-corrected chi connectivity index (χ4v) is 5.48. The minimum atomic E-state index is -4.70. The molecule has 1 heterocycles. The van der Waals surface area contributed by atoms with Gasteiger partial charge in [-0.25, -0.2) is 4.39 Å². The Balaban J connectivity index is 1.49. The van der Waals surface area contributed by atoms with Crippen LogP contribution in [0.3, 0.4) is 0 Å². The largest absolute Gasteiger partial charge is 0.417 e. The number of benzene rings is 2. The maximum Gasteiger partial charge on any atom is 0.417 e. The lowest BCUT2D eigenvalue weighted by Crippen LogP contribution is -2.58. The van der Waals surface area contributed by atoms with E-state index in [-0.39, 0.29) is 37.8 Å². The van der Waals surface area contributed by atoms with Gasteiger partial charge >= 0.3 is 6.18 Å². The summed E-state index contributed by atoms with van der Waals surface area (Å²) in [6.45, 7) is 0.199. The van der Waals surface area contributed by atoms with Crippen LogP contribution in [0.1, 0.15) is 43.2 Å². The van der Waals surface area contributed by atoms with Gasteiger partial charge in [0.2, 0.25) is 5.91 Å². The van der Waals surface area contributed by atoms with Gasteiger partial charge < -0.3 is 10.4 Å². The summed E-state index contributed by atoms with van der Waals surface area (Å²) in [6.07, 6.45) is -2.94. The summed E-state index contributed by atoms with van der Waals surface area (Å²) in [4.78, 5) is 15.2. The smallest absolute Gasteiger partial charge is 0.380 e. The lowest BCUT2D eigenvalue weighted by Gasteiger charge is -2.44. The van der Waals surface area contributed by atoms with Crippen LogP contribution in [0.5, 0.6) is 0 Å². The number of amides is 1. The number of alkyl halides is 3. The van der Waals surface area contributed by atoms with Crippen molar-refractivity contribution in [2.45, 2.75) is 61.8 Å². The first-order valence-corrected chi connectivity index (χ1v) is 12.9. The van der Waals surface area contributed by atoms with Crippen molar-refractivity contribution in [3.05, 3.63) is 69.0 Å². The van der Waals surface area contributed by atoms with Gasteiger partial charge in [-0.3, -0.25) is 9.69 Å². The SMILES string of the molecule is O=C(NC[C@@H](Cc1ccccc1F)N1CCC(O)(C(F)(F)F)CC1)C1(c2ccc(I)cc2)CCC1. The molecule has 2 N–H and O–H groups in total. The van der Waals surface area contributed by atoms with E-state index in [1.54, 1.807) is 18.2 Å². The number of piperidine rings is 1. The van der Waals surface area contributed by atoms with Crippen molar-refractivity contribution in [3.8, 4) is 0 Å². The molecule has 2 aromatic carbocycles. The molecule has 0 bridgehead atoms. The van der Waals surface area contributed by atoms with E-state index in [0.717, 1.165) is 28.4 Å². The summed E-state index contributed by atoms with van der Waals surface area (Å²) >= 11 is 2.22. The molecule has 9 heteroatoms. The number of hydrogen-bond acceptors (Lipinski definition) is 3. The third-order valence-corrected chi connectivity index (χ3v) is 8.34. The fraction of sp³-hybridized carbons (Fsp3) is 0.500. The van der Waals surface area contributed by atoms with Crippen LogP contribution in [-0.2, 0) is 16.6 Å². The van der Waals surface area contributed by atoms with Crippen molar-refractivity contribution in [2.24, 2.45) is 0 Å². The molecule has 0 spiro atoms. The van der Waals surface area contributed by atoms with Crippen molar-refractivity contribution < 1.29 is 27.5 Å². The van der Waals surface area contributed by atoms with Gasteiger partial charge in [0.1, 0.15) is 5.82 Å². The number of halogens is 5. The third kappa shape index (κ3) is 5.51. The number of aliphatic hydroxyl groups is 1. The summed E-state index contributed by atoms with van der Waals surface area (Å²) in [5.74, 6) is -0.491. The summed E-state index contributed by atoms with van der Waals surface area (Å²) in [5.41, 5.74) is -1.92. The first-order valence-electron chi connectivity index (χ1n) is 11.8. The van der Waals surface area contributed by atoms with Gasteiger partial charge in [0, 0.05) is 29.2 Å². The van der Waals surface area contributed by atoms with E-state index in [0.29, 0.717) is 5.56 Å². The van der Waals surface area contributed by atoms with Gasteiger partial charge in [0.25, 0.3) is 0 Å². The van der Waals surface area contributed by atoms with Crippen LogP contribution < -0.4 is 5.32 Å². The van der Waals surface area contributed by atoms with Crippen molar-refractivity contribution in [2.75, 3.05) is 19.6 Å². The molecule has 2 aromatic rings. The van der Waals surface area contributed by atoms with Crippen molar-refractivity contribution in [1.82, 2.24) is 10.2 Å². The highest BCUT2D eigenvalue weighted by Crippen LogP contribution is 2.44. The van der Waals surface area contributed by atoms with Gasteiger partial charge in [0.05, 0.1) is 5.41 Å². The van der Waals surface area contributed by atoms with Gasteiger partial charge in [-0.1, -0.05) is 36.8 Å². The Labute approximate surface area is 216 Å². The molecule has 0 unspecified atom stereocenters. The van der Waals surface area contributed by atoms with Crippen molar-refractivity contribution >= 4 is 28.5 Å². The van der Waals surface area contributed by atoms with Crippen molar-refractivity contribution in [3.63, 3.8) is 0 Å². The molecule has 0 radical (unpaired) electrons. The first-order chi connectivity index (χ1) is 16.5. The molecule has 2 fully saturated rings. The lowest BCUT2D eigenvalue weighted by atomic mass is 9.64. The van der Waals surface area contributed by atoms with E-state index < -0.39 is 36.1 Å². The molecule has 1 saturated carbocycles. The van der Waals surface area contributed by atoms with Crippen LogP contribution in [-0.4, -0.2) is 53.4 Å². The minimum Gasteiger partial charge on any atom is -0.380 e. The van der Waals surface area contributed by atoms with E-state index in [4.69, 9.17) is 0 Å². The normalized spacial score (nSPS) is 20.6. The summed E-state index contributed by atoms with van der Waals surface area (Å²) < 4.78 is 55.4. The van der Waals surface area contributed by atoms with Gasteiger partial charge in [-0.05, 0) is 84.0 Å². The predicted molar refractivity (Wildman–Crippen MR) is 133 cm³/mol. The third-order valence-electron chi connectivity index (χ3n) is 7.62. The zero-order valence-corrected chi connectivity index (χ0v) is 21.4. The van der Waals surface area contributed by atoms with Gasteiger partial charge in [-0.2, -0.15) is 13.2 Å². The second kappa shape index (κ2) is 10.3. The highest BCUT2D eigenvalue weighted by Gasteiger charge is 2.55. The van der Waals surface area contributed by atoms with Crippen LogP contribution in [0.25, 0.3) is 0 Å². The molecule has 1 aliphatic carbocycles. The van der Waals surface area contributed by atoms with E-state index >= 15 is 0 Å².